The van der Waals surface area contributed by atoms with Crippen LogP contribution >= 0.6 is 0 Å². The molecule has 0 aromatic carbocycles. The van der Waals surface area contributed by atoms with Crippen LogP contribution in [-0.4, -0.2) is 16.9 Å². The molecule has 1 amide bonds. The zero-order valence-corrected chi connectivity index (χ0v) is 11.2. The van der Waals surface area contributed by atoms with Crippen LogP contribution in [0.3, 0.4) is 0 Å². The van der Waals surface area contributed by atoms with Crippen molar-refractivity contribution in [3.8, 4) is 0 Å². The number of hydrogen-bond acceptors (Lipinski definition) is 2. The Bertz CT molecular complexity index is 393. The summed E-state index contributed by atoms with van der Waals surface area (Å²) in [5.41, 5.74) is 0.0562. The van der Waals surface area contributed by atoms with Crippen molar-refractivity contribution in [3.05, 3.63) is 29.8 Å². The topological polar surface area (TPSA) is 42.0 Å². The maximum Gasteiger partial charge on any atom is 0.254 e. The summed E-state index contributed by atoms with van der Waals surface area (Å²) < 4.78 is 13.3. The van der Waals surface area contributed by atoms with E-state index >= 15 is 0 Å². The van der Waals surface area contributed by atoms with Crippen molar-refractivity contribution in [3.63, 3.8) is 0 Å². The molecule has 18 heavy (non-hydrogen) atoms. The summed E-state index contributed by atoms with van der Waals surface area (Å²) >= 11 is 0. The number of nitrogens with zero attached hydrogens (tertiary/aromatic N) is 1. The van der Waals surface area contributed by atoms with E-state index in [1.165, 1.54) is 12.3 Å². The highest BCUT2D eigenvalue weighted by molar-refractivity contribution is 5.94. The fourth-order valence-corrected chi connectivity index (χ4v) is 1.77. The molecular weight excluding hydrogens is 231 g/mol. The fraction of sp³-hybridized carbons (Fsp3) is 0.571. The average Bonchev–Trinajstić information content (AvgIpc) is 2.28. The molecule has 1 rings (SSSR count). The molecule has 1 heterocycles. The summed E-state index contributed by atoms with van der Waals surface area (Å²) in [4.78, 5) is 15.4. The number of carbonyl (C=O) groups excluding carboxylic acids is 1. The Kier molecular flexibility index (Phi) is 5.75. The first-order valence-corrected chi connectivity index (χ1v) is 6.41. The number of carbonyl (C=O) groups is 1. The van der Waals surface area contributed by atoms with Gasteiger partial charge in [0.25, 0.3) is 5.91 Å². The van der Waals surface area contributed by atoms with E-state index in [1.54, 1.807) is 0 Å². The lowest BCUT2D eigenvalue weighted by Crippen LogP contribution is -2.33. The molecule has 3 nitrogen and oxygen atoms in total. The van der Waals surface area contributed by atoms with Crippen LogP contribution in [0.1, 0.15) is 50.4 Å². The molecular formula is C14H21FN2O. The Labute approximate surface area is 108 Å². The van der Waals surface area contributed by atoms with Crippen molar-refractivity contribution in [2.24, 2.45) is 5.92 Å². The zero-order chi connectivity index (χ0) is 13.5. The smallest absolute Gasteiger partial charge is 0.254 e. The van der Waals surface area contributed by atoms with Gasteiger partial charge in [-0.2, -0.15) is 0 Å². The van der Waals surface area contributed by atoms with Crippen molar-refractivity contribution >= 4 is 5.91 Å². The van der Waals surface area contributed by atoms with Gasteiger partial charge in [0.05, 0.1) is 11.8 Å². The Hall–Kier alpha value is -1.45. The molecule has 0 saturated carbocycles. The average molecular weight is 252 g/mol. The van der Waals surface area contributed by atoms with Crippen molar-refractivity contribution in [1.29, 1.82) is 0 Å². The van der Waals surface area contributed by atoms with Crippen molar-refractivity contribution in [1.82, 2.24) is 10.3 Å². The van der Waals surface area contributed by atoms with Crippen molar-refractivity contribution in [2.45, 2.75) is 46.1 Å². The SMILES string of the molecule is CC(C)CCCC(C)NC(=O)c1ccncc1F. The van der Waals surface area contributed by atoms with Crippen LogP contribution in [0.15, 0.2) is 18.5 Å². The van der Waals surface area contributed by atoms with Crippen LogP contribution in [0.5, 0.6) is 0 Å². The molecule has 0 bridgehead atoms. The van der Waals surface area contributed by atoms with Gasteiger partial charge < -0.3 is 5.32 Å². The Morgan fingerprint density at radius 2 is 2.11 bits per heavy atom. The molecule has 1 aromatic rings. The minimum atomic E-state index is -0.579. The van der Waals surface area contributed by atoms with E-state index in [4.69, 9.17) is 0 Å². The lowest BCUT2D eigenvalue weighted by molar-refractivity contribution is 0.0933. The number of pyridine rings is 1. The van der Waals surface area contributed by atoms with Crippen LogP contribution in [0.25, 0.3) is 0 Å². The second-order valence-corrected chi connectivity index (χ2v) is 5.05. The van der Waals surface area contributed by atoms with Crippen LogP contribution in [0.2, 0.25) is 0 Å². The highest BCUT2D eigenvalue weighted by atomic mass is 19.1. The maximum atomic E-state index is 13.3. The number of nitrogens with one attached hydrogen (secondary N) is 1. The van der Waals surface area contributed by atoms with Gasteiger partial charge in [-0.05, 0) is 25.3 Å². The molecule has 1 atom stereocenters. The Morgan fingerprint density at radius 3 is 2.72 bits per heavy atom. The molecule has 0 saturated heterocycles. The molecule has 0 spiro atoms. The van der Waals surface area contributed by atoms with Gasteiger partial charge in [0, 0.05) is 12.2 Å². The molecule has 1 aromatic heterocycles. The van der Waals surface area contributed by atoms with Gasteiger partial charge in [-0.1, -0.05) is 26.7 Å². The van der Waals surface area contributed by atoms with E-state index < -0.39 is 5.82 Å². The molecule has 0 aliphatic carbocycles. The number of hydrogen-bond donors (Lipinski definition) is 1. The summed E-state index contributed by atoms with van der Waals surface area (Å²) in [7, 11) is 0. The Morgan fingerprint density at radius 1 is 1.39 bits per heavy atom. The molecule has 1 unspecified atom stereocenters. The van der Waals surface area contributed by atoms with Crippen LogP contribution < -0.4 is 5.32 Å². The second-order valence-electron chi connectivity index (χ2n) is 5.05. The normalized spacial score (nSPS) is 12.5. The van der Waals surface area contributed by atoms with E-state index in [0.717, 1.165) is 25.5 Å². The van der Waals surface area contributed by atoms with E-state index in [1.807, 2.05) is 6.92 Å². The number of amides is 1. The summed E-state index contributed by atoms with van der Waals surface area (Å²) in [5, 5.41) is 2.80. The van der Waals surface area contributed by atoms with E-state index in [0.29, 0.717) is 5.92 Å². The minimum Gasteiger partial charge on any atom is -0.349 e. The zero-order valence-electron chi connectivity index (χ0n) is 11.2. The predicted molar refractivity (Wildman–Crippen MR) is 69.8 cm³/mol. The van der Waals surface area contributed by atoms with E-state index in [2.05, 4.69) is 24.1 Å². The van der Waals surface area contributed by atoms with Crippen LogP contribution in [-0.2, 0) is 0 Å². The highest BCUT2D eigenvalue weighted by Gasteiger charge is 2.13. The summed E-state index contributed by atoms with van der Waals surface area (Å²) in [6.07, 6.45) is 5.60. The quantitative estimate of drug-likeness (QED) is 0.845. The van der Waals surface area contributed by atoms with Gasteiger partial charge in [-0.15, -0.1) is 0 Å². The molecule has 100 valence electrons. The third-order valence-electron chi connectivity index (χ3n) is 2.81. The number of aromatic nitrogens is 1. The lowest BCUT2D eigenvalue weighted by atomic mass is 10.0. The molecule has 0 radical (unpaired) electrons. The number of rotatable bonds is 6. The molecule has 0 aliphatic rings. The van der Waals surface area contributed by atoms with E-state index in [-0.39, 0.29) is 17.5 Å². The third kappa shape index (κ3) is 4.82. The van der Waals surface area contributed by atoms with Gasteiger partial charge in [0.1, 0.15) is 0 Å². The Balaban J connectivity index is 2.43. The largest absolute Gasteiger partial charge is 0.349 e. The lowest BCUT2D eigenvalue weighted by Gasteiger charge is -2.14. The summed E-state index contributed by atoms with van der Waals surface area (Å²) in [6, 6.07) is 1.45. The van der Waals surface area contributed by atoms with Crippen molar-refractivity contribution < 1.29 is 9.18 Å². The maximum absolute atomic E-state index is 13.3. The fourth-order valence-electron chi connectivity index (χ4n) is 1.77. The van der Waals surface area contributed by atoms with Crippen molar-refractivity contribution in [2.75, 3.05) is 0 Å². The van der Waals surface area contributed by atoms with Gasteiger partial charge in [0.15, 0.2) is 5.82 Å². The first-order chi connectivity index (χ1) is 8.50. The summed E-state index contributed by atoms with van der Waals surface area (Å²) in [5.74, 6) is -0.276. The standard InChI is InChI=1S/C14H21FN2O/c1-10(2)5-4-6-11(3)17-14(18)12-7-8-16-9-13(12)15/h7-11H,4-6H2,1-3H3,(H,17,18). The van der Waals surface area contributed by atoms with Gasteiger partial charge >= 0.3 is 0 Å². The predicted octanol–water partition coefficient (Wildman–Crippen LogP) is 3.17. The third-order valence-corrected chi connectivity index (χ3v) is 2.81. The van der Waals surface area contributed by atoms with E-state index in [9.17, 15) is 9.18 Å². The second kappa shape index (κ2) is 7.09. The number of halogens is 1. The van der Waals surface area contributed by atoms with Gasteiger partial charge in [-0.25, -0.2) is 4.39 Å². The molecule has 4 heteroatoms. The molecule has 0 aliphatic heterocycles. The highest BCUT2D eigenvalue weighted by Crippen LogP contribution is 2.09. The van der Waals surface area contributed by atoms with Crippen LogP contribution in [0, 0.1) is 11.7 Å². The van der Waals surface area contributed by atoms with Gasteiger partial charge in [-0.3, -0.25) is 9.78 Å². The first kappa shape index (κ1) is 14.6. The molecule has 1 N–H and O–H groups in total. The molecule has 0 fully saturated rings. The first-order valence-electron chi connectivity index (χ1n) is 6.41. The van der Waals surface area contributed by atoms with Gasteiger partial charge in [0.2, 0.25) is 0 Å². The van der Waals surface area contributed by atoms with Crippen LogP contribution in [0.4, 0.5) is 4.39 Å². The minimum absolute atomic E-state index is 0.0562. The summed E-state index contributed by atoms with van der Waals surface area (Å²) in [6.45, 7) is 6.29. The monoisotopic (exact) mass is 252 g/mol.